The van der Waals surface area contributed by atoms with Gasteiger partial charge in [0.25, 0.3) is 5.91 Å². The Labute approximate surface area is 154 Å². The Morgan fingerprint density at radius 1 is 1.19 bits per heavy atom. The Kier molecular flexibility index (Phi) is 3.76. The summed E-state index contributed by atoms with van der Waals surface area (Å²) in [5.74, 6) is -2.02. The van der Waals surface area contributed by atoms with Gasteiger partial charge in [-0.2, -0.15) is 5.10 Å². The summed E-state index contributed by atoms with van der Waals surface area (Å²) in [4.78, 5) is 16.7. The number of aromatic nitrogens is 4. The summed E-state index contributed by atoms with van der Waals surface area (Å²) in [6.45, 7) is 1.74. The number of imidazole rings is 1. The number of nitrogens with zero attached hydrogens (tertiary/aromatic N) is 4. The van der Waals surface area contributed by atoms with Gasteiger partial charge >= 0.3 is 0 Å². The molecule has 4 aromatic rings. The molecule has 132 valence electrons. The van der Waals surface area contributed by atoms with Crippen LogP contribution < -0.4 is 5.32 Å². The Balaban J connectivity index is 1.78. The monoisotopic (exact) mass is 419 g/mol. The van der Waals surface area contributed by atoms with Crippen molar-refractivity contribution in [3.8, 4) is 0 Å². The average molecular weight is 420 g/mol. The molecule has 0 spiro atoms. The Bertz CT molecular complexity index is 1200. The molecule has 1 amide bonds. The number of hydrogen-bond acceptors (Lipinski definition) is 3. The SMILES string of the molecule is Cc1cn2cc(NC(=O)c3c(F)cc(Br)c4cn(C)nc34)cc(F)c2n1. The number of aryl methyl sites for hydroxylation is 2. The lowest BCUT2D eigenvalue weighted by Crippen LogP contribution is -2.15. The van der Waals surface area contributed by atoms with Crippen LogP contribution in [0.1, 0.15) is 16.1 Å². The standard InChI is InChI=1S/C17H12BrF2N5O/c1-8-5-25-6-9(3-13(20)16(25)21-8)22-17(26)14-12(19)4-11(18)10-7-24(2)23-15(10)14/h3-7H,1-2H3,(H,22,26). The van der Waals surface area contributed by atoms with E-state index >= 15 is 0 Å². The molecule has 1 N–H and O–H groups in total. The Hall–Kier alpha value is -2.81. The fourth-order valence-corrected chi connectivity index (χ4v) is 3.37. The lowest BCUT2D eigenvalue weighted by molar-refractivity contribution is 0.102. The second kappa shape index (κ2) is 5.87. The van der Waals surface area contributed by atoms with Crippen LogP contribution in [0.2, 0.25) is 0 Å². The number of carbonyl (C=O) groups excluding carboxylic acids is 1. The maximum absolute atomic E-state index is 14.4. The van der Waals surface area contributed by atoms with Crippen molar-refractivity contribution in [3.05, 3.63) is 58.1 Å². The summed E-state index contributed by atoms with van der Waals surface area (Å²) >= 11 is 3.27. The molecule has 0 aliphatic heterocycles. The highest BCUT2D eigenvalue weighted by Crippen LogP contribution is 2.29. The number of hydrogen-bond donors (Lipinski definition) is 1. The minimum Gasteiger partial charge on any atom is -0.320 e. The van der Waals surface area contributed by atoms with Crippen molar-refractivity contribution in [2.24, 2.45) is 7.05 Å². The number of rotatable bonds is 2. The lowest BCUT2D eigenvalue weighted by Gasteiger charge is -2.08. The van der Waals surface area contributed by atoms with Gasteiger partial charge in [-0.25, -0.2) is 13.8 Å². The maximum Gasteiger partial charge on any atom is 0.260 e. The number of anilines is 1. The van der Waals surface area contributed by atoms with E-state index in [-0.39, 0.29) is 22.4 Å². The normalized spacial score (nSPS) is 11.4. The van der Waals surface area contributed by atoms with Crippen LogP contribution in [-0.4, -0.2) is 25.1 Å². The topological polar surface area (TPSA) is 64.2 Å². The van der Waals surface area contributed by atoms with Gasteiger partial charge in [0, 0.05) is 41.6 Å². The van der Waals surface area contributed by atoms with Crippen LogP contribution in [0.3, 0.4) is 0 Å². The second-order valence-electron chi connectivity index (χ2n) is 5.92. The summed E-state index contributed by atoms with van der Waals surface area (Å²) < 4.78 is 32.1. The molecule has 6 nitrogen and oxygen atoms in total. The van der Waals surface area contributed by atoms with Gasteiger partial charge in [0.05, 0.1) is 11.4 Å². The summed E-state index contributed by atoms with van der Waals surface area (Å²) in [6.07, 6.45) is 4.82. The van der Waals surface area contributed by atoms with Crippen molar-refractivity contribution in [1.29, 1.82) is 0 Å². The van der Waals surface area contributed by atoms with Crippen molar-refractivity contribution in [1.82, 2.24) is 19.2 Å². The van der Waals surface area contributed by atoms with Gasteiger partial charge in [-0.1, -0.05) is 0 Å². The minimum absolute atomic E-state index is 0.155. The van der Waals surface area contributed by atoms with Crippen LogP contribution >= 0.6 is 15.9 Å². The maximum atomic E-state index is 14.4. The van der Waals surface area contributed by atoms with E-state index in [0.717, 1.165) is 6.07 Å². The molecule has 9 heteroatoms. The van der Waals surface area contributed by atoms with Gasteiger partial charge < -0.3 is 9.72 Å². The number of fused-ring (bicyclic) bond motifs is 2. The number of carbonyl (C=O) groups is 1. The molecule has 0 fully saturated rings. The van der Waals surface area contributed by atoms with E-state index < -0.39 is 17.5 Å². The first-order valence-corrected chi connectivity index (χ1v) is 8.40. The molecule has 0 saturated carbocycles. The minimum atomic E-state index is -0.722. The van der Waals surface area contributed by atoms with Crippen LogP contribution in [-0.2, 0) is 7.05 Å². The first-order valence-electron chi connectivity index (χ1n) is 7.61. The molecular weight excluding hydrogens is 408 g/mol. The molecule has 0 aliphatic rings. The van der Waals surface area contributed by atoms with Gasteiger partial charge in [-0.3, -0.25) is 9.48 Å². The summed E-state index contributed by atoms with van der Waals surface area (Å²) in [5.41, 5.74) is 0.996. The smallest absolute Gasteiger partial charge is 0.260 e. The van der Waals surface area contributed by atoms with Crippen LogP contribution in [0, 0.1) is 18.6 Å². The van der Waals surface area contributed by atoms with Crippen LogP contribution in [0.15, 0.2) is 35.2 Å². The van der Waals surface area contributed by atoms with E-state index in [1.807, 2.05) is 0 Å². The predicted molar refractivity (Wildman–Crippen MR) is 96.2 cm³/mol. The third-order valence-electron chi connectivity index (χ3n) is 3.93. The van der Waals surface area contributed by atoms with Crippen molar-refractivity contribution in [3.63, 3.8) is 0 Å². The van der Waals surface area contributed by atoms with Crippen molar-refractivity contribution in [2.75, 3.05) is 5.32 Å². The molecule has 0 unspecified atom stereocenters. The summed E-state index contributed by atoms with van der Waals surface area (Å²) in [5, 5.41) is 7.30. The summed E-state index contributed by atoms with van der Waals surface area (Å²) in [6, 6.07) is 2.36. The van der Waals surface area contributed by atoms with Gasteiger partial charge in [0.2, 0.25) is 0 Å². The zero-order valence-corrected chi connectivity index (χ0v) is 15.3. The largest absolute Gasteiger partial charge is 0.320 e. The first-order chi connectivity index (χ1) is 12.3. The summed E-state index contributed by atoms with van der Waals surface area (Å²) in [7, 11) is 1.68. The highest BCUT2D eigenvalue weighted by molar-refractivity contribution is 9.10. The molecule has 26 heavy (non-hydrogen) atoms. The van der Waals surface area contributed by atoms with E-state index in [1.165, 1.54) is 21.3 Å². The van der Waals surface area contributed by atoms with E-state index in [9.17, 15) is 13.6 Å². The van der Waals surface area contributed by atoms with Crippen molar-refractivity contribution >= 4 is 44.1 Å². The van der Waals surface area contributed by atoms with Gasteiger partial charge in [0.1, 0.15) is 16.9 Å². The fraction of sp³-hybridized carbons (Fsp3) is 0.118. The molecule has 0 aliphatic carbocycles. The van der Waals surface area contributed by atoms with E-state index in [1.54, 1.807) is 26.4 Å². The quantitative estimate of drug-likeness (QED) is 0.537. The zero-order valence-electron chi connectivity index (χ0n) is 13.7. The van der Waals surface area contributed by atoms with Crippen molar-refractivity contribution in [2.45, 2.75) is 6.92 Å². The highest BCUT2D eigenvalue weighted by atomic mass is 79.9. The van der Waals surface area contributed by atoms with Gasteiger partial charge in [0.15, 0.2) is 11.5 Å². The molecule has 0 bridgehead atoms. The van der Waals surface area contributed by atoms with Gasteiger partial charge in [-0.05, 0) is 28.9 Å². The number of amides is 1. The number of benzene rings is 1. The number of pyridine rings is 1. The second-order valence-corrected chi connectivity index (χ2v) is 6.78. The van der Waals surface area contributed by atoms with Crippen molar-refractivity contribution < 1.29 is 13.6 Å². The zero-order chi connectivity index (χ0) is 18.6. The Morgan fingerprint density at radius 2 is 1.96 bits per heavy atom. The molecular formula is C17H12BrF2N5O. The van der Waals surface area contributed by atoms with Crippen LogP contribution in [0.25, 0.3) is 16.6 Å². The fourth-order valence-electron chi connectivity index (χ4n) is 2.88. The molecule has 4 rings (SSSR count). The van der Waals surface area contributed by atoms with E-state index in [0.29, 0.717) is 15.6 Å². The van der Waals surface area contributed by atoms with Crippen LogP contribution in [0.5, 0.6) is 0 Å². The van der Waals surface area contributed by atoms with Gasteiger partial charge in [-0.15, -0.1) is 0 Å². The number of nitrogens with one attached hydrogen (secondary N) is 1. The third kappa shape index (κ3) is 2.64. The Morgan fingerprint density at radius 3 is 2.73 bits per heavy atom. The third-order valence-corrected chi connectivity index (χ3v) is 4.58. The molecule has 0 saturated heterocycles. The average Bonchev–Trinajstić information content (AvgIpc) is 3.09. The highest BCUT2D eigenvalue weighted by Gasteiger charge is 2.21. The first kappa shape index (κ1) is 16.6. The molecule has 3 heterocycles. The van der Waals surface area contributed by atoms with Crippen LogP contribution in [0.4, 0.5) is 14.5 Å². The molecule has 1 aromatic carbocycles. The predicted octanol–water partition coefficient (Wildman–Crippen LogP) is 3.82. The molecule has 0 atom stereocenters. The van der Waals surface area contributed by atoms with E-state index in [2.05, 4.69) is 31.3 Å². The lowest BCUT2D eigenvalue weighted by atomic mass is 10.1. The number of halogens is 3. The van der Waals surface area contributed by atoms with E-state index in [4.69, 9.17) is 0 Å². The molecule has 3 aromatic heterocycles. The molecule has 0 radical (unpaired) electrons.